The van der Waals surface area contributed by atoms with E-state index in [0.717, 1.165) is 36.3 Å². The standard InChI is InChI=1S/C16H22N4O/c1-17-12-16(21)20(2)10-6-9-14-11-15(19-18-14)13-7-4-3-5-8-13/h3-5,7-8,11,17H,6,9-10,12H2,1-2H3,(H,18,19). The van der Waals surface area contributed by atoms with Gasteiger partial charge in [-0.05, 0) is 26.0 Å². The van der Waals surface area contributed by atoms with E-state index >= 15 is 0 Å². The number of aryl methyl sites for hydroxylation is 1. The maximum absolute atomic E-state index is 11.6. The zero-order valence-electron chi connectivity index (χ0n) is 12.6. The van der Waals surface area contributed by atoms with E-state index < -0.39 is 0 Å². The molecule has 0 saturated carbocycles. The minimum atomic E-state index is 0.118. The van der Waals surface area contributed by atoms with Crippen LogP contribution in [0.2, 0.25) is 0 Å². The number of likely N-dealkylation sites (N-methyl/N-ethyl adjacent to an activating group) is 2. The molecule has 112 valence electrons. The summed E-state index contributed by atoms with van der Waals surface area (Å²) in [5.41, 5.74) is 3.18. The average molecular weight is 286 g/mol. The van der Waals surface area contributed by atoms with Gasteiger partial charge in [0.25, 0.3) is 0 Å². The van der Waals surface area contributed by atoms with Crippen LogP contribution in [-0.2, 0) is 11.2 Å². The van der Waals surface area contributed by atoms with Crippen LogP contribution >= 0.6 is 0 Å². The maximum atomic E-state index is 11.6. The lowest BCUT2D eigenvalue weighted by Gasteiger charge is -2.16. The van der Waals surface area contributed by atoms with Gasteiger partial charge in [-0.2, -0.15) is 5.10 Å². The quantitative estimate of drug-likeness (QED) is 0.814. The third kappa shape index (κ3) is 4.43. The largest absolute Gasteiger partial charge is 0.345 e. The minimum absolute atomic E-state index is 0.118. The molecule has 1 aromatic carbocycles. The molecule has 0 aliphatic rings. The predicted molar refractivity (Wildman–Crippen MR) is 83.9 cm³/mol. The van der Waals surface area contributed by atoms with Crippen LogP contribution in [-0.4, -0.2) is 48.2 Å². The fourth-order valence-corrected chi connectivity index (χ4v) is 2.16. The van der Waals surface area contributed by atoms with Gasteiger partial charge in [0.05, 0.1) is 12.2 Å². The molecule has 1 heterocycles. The Hall–Kier alpha value is -2.14. The lowest BCUT2D eigenvalue weighted by atomic mass is 10.1. The first-order valence-corrected chi connectivity index (χ1v) is 7.19. The van der Waals surface area contributed by atoms with Crippen molar-refractivity contribution in [3.63, 3.8) is 0 Å². The van der Waals surface area contributed by atoms with Crippen molar-refractivity contribution in [3.8, 4) is 11.3 Å². The highest BCUT2D eigenvalue weighted by atomic mass is 16.2. The molecule has 0 bridgehead atoms. The Bertz CT molecular complexity index is 565. The lowest BCUT2D eigenvalue weighted by molar-refractivity contribution is -0.128. The van der Waals surface area contributed by atoms with E-state index in [0.29, 0.717) is 6.54 Å². The van der Waals surface area contributed by atoms with Gasteiger partial charge in [0.2, 0.25) is 5.91 Å². The summed E-state index contributed by atoms with van der Waals surface area (Å²) in [5.74, 6) is 0.118. The highest BCUT2D eigenvalue weighted by molar-refractivity contribution is 5.77. The second-order valence-corrected chi connectivity index (χ2v) is 5.09. The SMILES string of the molecule is CNCC(=O)N(C)CCCc1cc(-c2ccccc2)n[nH]1. The van der Waals surface area contributed by atoms with Crippen LogP contribution in [0.5, 0.6) is 0 Å². The second-order valence-electron chi connectivity index (χ2n) is 5.09. The molecule has 0 aliphatic carbocycles. The number of aromatic nitrogens is 2. The number of rotatable bonds is 7. The molecule has 5 heteroatoms. The lowest BCUT2D eigenvalue weighted by Crippen LogP contribution is -2.34. The first-order valence-electron chi connectivity index (χ1n) is 7.19. The van der Waals surface area contributed by atoms with Gasteiger partial charge in [-0.15, -0.1) is 0 Å². The smallest absolute Gasteiger partial charge is 0.236 e. The van der Waals surface area contributed by atoms with Gasteiger partial charge in [0.1, 0.15) is 0 Å². The third-order valence-corrected chi connectivity index (χ3v) is 3.39. The van der Waals surface area contributed by atoms with Crippen LogP contribution in [0, 0.1) is 0 Å². The van der Waals surface area contributed by atoms with Crippen LogP contribution in [0.3, 0.4) is 0 Å². The average Bonchev–Trinajstić information content (AvgIpc) is 2.97. The van der Waals surface area contributed by atoms with E-state index in [9.17, 15) is 4.79 Å². The summed E-state index contributed by atoms with van der Waals surface area (Å²) >= 11 is 0. The molecule has 0 atom stereocenters. The minimum Gasteiger partial charge on any atom is -0.345 e. The van der Waals surface area contributed by atoms with Gasteiger partial charge in [0.15, 0.2) is 0 Å². The number of carbonyl (C=O) groups excluding carboxylic acids is 1. The van der Waals surface area contributed by atoms with Gasteiger partial charge in [0, 0.05) is 24.8 Å². The fraction of sp³-hybridized carbons (Fsp3) is 0.375. The number of aromatic amines is 1. The maximum Gasteiger partial charge on any atom is 0.236 e. The summed E-state index contributed by atoms with van der Waals surface area (Å²) < 4.78 is 0. The highest BCUT2D eigenvalue weighted by Crippen LogP contribution is 2.17. The van der Waals surface area contributed by atoms with Gasteiger partial charge in [-0.1, -0.05) is 30.3 Å². The zero-order valence-corrected chi connectivity index (χ0v) is 12.6. The zero-order chi connectivity index (χ0) is 15.1. The fourth-order valence-electron chi connectivity index (χ4n) is 2.16. The van der Waals surface area contributed by atoms with Crippen LogP contribution in [0.4, 0.5) is 0 Å². The van der Waals surface area contributed by atoms with Gasteiger partial charge < -0.3 is 10.2 Å². The molecular weight excluding hydrogens is 264 g/mol. The molecule has 5 nitrogen and oxygen atoms in total. The molecule has 2 aromatic rings. The Kier molecular flexibility index (Phi) is 5.51. The number of H-pyrrole nitrogens is 1. The Labute approximate surface area is 125 Å². The third-order valence-electron chi connectivity index (χ3n) is 3.39. The van der Waals surface area contributed by atoms with Gasteiger partial charge in [-0.25, -0.2) is 0 Å². The van der Waals surface area contributed by atoms with Crippen molar-refractivity contribution in [2.75, 3.05) is 27.2 Å². The molecular formula is C16H22N4O. The van der Waals surface area contributed by atoms with E-state index in [2.05, 4.69) is 21.6 Å². The van der Waals surface area contributed by atoms with Crippen molar-refractivity contribution in [1.29, 1.82) is 0 Å². The van der Waals surface area contributed by atoms with E-state index in [1.54, 1.807) is 11.9 Å². The van der Waals surface area contributed by atoms with Crippen LogP contribution in [0.15, 0.2) is 36.4 Å². The number of benzene rings is 1. The number of amides is 1. The molecule has 1 aromatic heterocycles. The molecule has 0 saturated heterocycles. The van der Waals surface area contributed by atoms with Crippen LogP contribution in [0.1, 0.15) is 12.1 Å². The van der Waals surface area contributed by atoms with Gasteiger partial charge in [-0.3, -0.25) is 9.89 Å². The van der Waals surface area contributed by atoms with E-state index in [4.69, 9.17) is 0 Å². The Morgan fingerprint density at radius 1 is 1.33 bits per heavy atom. The van der Waals surface area contributed by atoms with Crippen molar-refractivity contribution < 1.29 is 4.79 Å². The molecule has 0 radical (unpaired) electrons. The number of hydrogen-bond donors (Lipinski definition) is 2. The second kappa shape index (κ2) is 7.59. The topological polar surface area (TPSA) is 61.0 Å². The number of hydrogen-bond acceptors (Lipinski definition) is 3. The molecule has 0 spiro atoms. The number of carbonyl (C=O) groups is 1. The summed E-state index contributed by atoms with van der Waals surface area (Å²) in [6, 6.07) is 12.2. The normalized spacial score (nSPS) is 10.6. The summed E-state index contributed by atoms with van der Waals surface area (Å²) in [7, 11) is 3.61. The Morgan fingerprint density at radius 2 is 2.10 bits per heavy atom. The van der Waals surface area contributed by atoms with Gasteiger partial charge >= 0.3 is 0 Å². The highest BCUT2D eigenvalue weighted by Gasteiger charge is 2.08. The Balaban J connectivity index is 1.82. The monoisotopic (exact) mass is 286 g/mol. The molecule has 2 rings (SSSR count). The molecule has 0 aliphatic heterocycles. The van der Waals surface area contributed by atoms with Crippen molar-refractivity contribution in [1.82, 2.24) is 20.4 Å². The summed E-state index contributed by atoms with van der Waals surface area (Å²) in [4.78, 5) is 13.4. The summed E-state index contributed by atoms with van der Waals surface area (Å²) in [6.45, 7) is 1.14. The number of nitrogens with one attached hydrogen (secondary N) is 2. The number of nitrogens with zero attached hydrogens (tertiary/aromatic N) is 2. The first kappa shape index (κ1) is 15.3. The van der Waals surface area contributed by atoms with E-state index in [1.807, 2.05) is 37.4 Å². The molecule has 1 amide bonds. The van der Waals surface area contributed by atoms with Crippen LogP contribution < -0.4 is 5.32 Å². The van der Waals surface area contributed by atoms with Crippen molar-refractivity contribution in [2.45, 2.75) is 12.8 Å². The van der Waals surface area contributed by atoms with Crippen LogP contribution in [0.25, 0.3) is 11.3 Å². The molecule has 0 fully saturated rings. The summed E-state index contributed by atoms with van der Waals surface area (Å²) in [5, 5.41) is 10.3. The molecule has 21 heavy (non-hydrogen) atoms. The predicted octanol–water partition coefficient (Wildman–Crippen LogP) is 1.69. The summed E-state index contributed by atoms with van der Waals surface area (Å²) in [6.07, 6.45) is 1.80. The van der Waals surface area contributed by atoms with Crippen molar-refractivity contribution in [3.05, 3.63) is 42.1 Å². The molecule has 2 N–H and O–H groups in total. The Morgan fingerprint density at radius 3 is 2.81 bits per heavy atom. The van der Waals surface area contributed by atoms with Crippen molar-refractivity contribution >= 4 is 5.91 Å². The molecule has 0 unspecified atom stereocenters. The van der Waals surface area contributed by atoms with Crippen molar-refractivity contribution in [2.24, 2.45) is 0 Å². The first-order chi connectivity index (χ1) is 10.2. The van der Waals surface area contributed by atoms with E-state index in [1.165, 1.54) is 0 Å². The van der Waals surface area contributed by atoms with E-state index in [-0.39, 0.29) is 5.91 Å².